The van der Waals surface area contributed by atoms with Crippen LogP contribution < -0.4 is 4.31 Å². The molecule has 0 saturated carbocycles. The van der Waals surface area contributed by atoms with E-state index in [4.69, 9.17) is 0 Å². The Morgan fingerprint density at radius 2 is 1.62 bits per heavy atom. The summed E-state index contributed by atoms with van der Waals surface area (Å²) in [6.45, 7) is 3.04. The van der Waals surface area contributed by atoms with Crippen LogP contribution in [0.15, 0.2) is 59.5 Å². The first-order chi connectivity index (χ1) is 12.4. The van der Waals surface area contributed by atoms with Crippen molar-refractivity contribution in [2.45, 2.75) is 4.90 Å². The van der Waals surface area contributed by atoms with Crippen LogP contribution in [0.5, 0.6) is 0 Å². The van der Waals surface area contributed by atoms with Crippen LogP contribution in [-0.2, 0) is 10.0 Å². The summed E-state index contributed by atoms with van der Waals surface area (Å²) in [5, 5.41) is 0. The smallest absolute Gasteiger partial charge is 0.264 e. The predicted octanol–water partition coefficient (Wildman–Crippen LogP) is 1.90. The zero-order chi connectivity index (χ0) is 18.7. The molecule has 0 atom stereocenters. The third-order valence-electron chi connectivity index (χ3n) is 4.65. The molecule has 1 amide bonds. The SMILES string of the molecule is CN1CCN(C(=O)c2cccc(N(C)S(=O)(=O)c3ccccc3)c2)CC1. The van der Waals surface area contributed by atoms with Gasteiger partial charge in [-0.2, -0.15) is 0 Å². The molecule has 0 spiro atoms. The van der Waals surface area contributed by atoms with Crippen molar-refractivity contribution >= 4 is 21.6 Å². The molecule has 1 heterocycles. The number of anilines is 1. The van der Waals surface area contributed by atoms with Gasteiger partial charge < -0.3 is 9.80 Å². The number of sulfonamides is 1. The van der Waals surface area contributed by atoms with Crippen molar-refractivity contribution < 1.29 is 13.2 Å². The van der Waals surface area contributed by atoms with Gasteiger partial charge in [0, 0.05) is 38.8 Å². The number of carbonyl (C=O) groups excluding carboxylic acids is 1. The first-order valence-corrected chi connectivity index (χ1v) is 9.95. The van der Waals surface area contributed by atoms with E-state index in [-0.39, 0.29) is 10.8 Å². The molecule has 0 N–H and O–H groups in total. The molecule has 7 heteroatoms. The minimum Gasteiger partial charge on any atom is -0.336 e. The van der Waals surface area contributed by atoms with Gasteiger partial charge in [0.15, 0.2) is 0 Å². The minimum absolute atomic E-state index is 0.0644. The number of benzene rings is 2. The number of amides is 1. The number of hydrogen-bond donors (Lipinski definition) is 0. The van der Waals surface area contributed by atoms with E-state index in [9.17, 15) is 13.2 Å². The molecule has 0 unspecified atom stereocenters. The number of likely N-dealkylation sites (N-methyl/N-ethyl adjacent to an activating group) is 1. The Morgan fingerprint density at radius 3 is 2.27 bits per heavy atom. The van der Waals surface area contributed by atoms with E-state index < -0.39 is 10.0 Å². The second-order valence-corrected chi connectivity index (χ2v) is 8.40. The summed E-state index contributed by atoms with van der Waals surface area (Å²) in [7, 11) is -0.130. The van der Waals surface area contributed by atoms with Crippen molar-refractivity contribution in [2.24, 2.45) is 0 Å². The van der Waals surface area contributed by atoms with Crippen molar-refractivity contribution in [3.05, 3.63) is 60.2 Å². The standard InChI is InChI=1S/C19H23N3O3S/c1-20-11-13-22(14-12-20)19(23)16-7-6-8-17(15-16)21(2)26(24,25)18-9-4-3-5-10-18/h3-10,15H,11-14H2,1-2H3. The highest BCUT2D eigenvalue weighted by atomic mass is 32.2. The fourth-order valence-corrected chi connectivity index (χ4v) is 4.12. The van der Waals surface area contributed by atoms with Crippen LogP contribution >= 0.6 is 0 Å². The molecule has 138 valence electrons. The van der Waals surface area contributed by atoms with Crippen molar-refractivity contribution in [1.29, 1.82) is 0 Å². The van der Waals surface area contributed by atoms with Crippen molar-refractivity contribution in [1.82, 2.24) is 9.80 Å². The summed E-state index contributed by atoms with van der Waals surface area (Å²) in [5.74, 6) is -0.0644. The van der Waals surface area contributed by atoms with Crippen LogP contribution in [0.3, 0.4) is 0 Å². The Bertz CT molecular complexity index is 876. The van der Waals surface area contributed by atoms with Gasteiger partial charge in [0.05, 0.1) is 10.6 Å². The van der Waals surface area contributed by atoms with Gasteiger partial charge in [0.25, 0.3) is 15.9 Å². The number of piperazine rings is 1. The quantitative estimate of drug-likeness (QED) is 0.821. The minimum atomic E-state index is -3.66. The average molecular weight is 373 g/mol. The third kappa shape index (κ3) is 3.73. The van der Waals surface area contributed by atoms with Gasteiger partial charge in [-0.25, -0.2) is 8.42 Å². The predicted molar refractivity (Wildman–Crippen MR) is 102 cm³/mol. The van der Waals surface area contributed by atoms with Crippen LogP contribution in [-0.4, -0.2) is 64.4 Å². The highest BCUT2D eigenvalue weighted by Gasteiger charge is 2.24. The third-order valence-corrected chi connectivity index (χ3v) is 6.45. The normalized spacial score (nSPS) is 15.7. The van der Waals surface area contributed by atoms with E-state index >= 15 is 0 Å². The number of carbonyl (C=O) groups is 1. The summed E-state index contributed by atoms with van der Waals surface area (Å²) >= 11 is 0. The molecule has 1 fully saturated rings. The van der Waals surface area contributed by atoms with Crippen LogP contribution in [0.1, 0.15) is 10.4 Å². The summed E-state index contributed by atoms with van der Waals surface area (Å²) in [6, 6.07) is 15.1. The summed E-state index contributed by atoms with van der Waals surface area (Å²) in [4.78, 5) is 17.0. The molecule has 2 aromatic rings. The molecule has 1 saturated heterocycles. The molecular formula is C19H23N3O3S. The Balaban J connectivity index is 1.84. The zero-order valence-corrected chi connectivity index (χ0v) is 15.8. The fourth-order valence-electron chi connectivity index (χ4n) is 2.92. The molecule has 2 aromatic carbocycles. The lowest BCUT2D eigenvalue weighted by atomic mass is 10.1. The van der Waals surface area contributed by atoms with Crippen LogP contribution in [0.25, 0.3) is 0 Å². The van der Waals surface area contributed by atoms with Gasteiger partial charge in [0.2, 0.25) is 0 Å². The van der Waals surface area contributed by atoms with E-state index in [1.807, 2.05) is 11.9 Å². The molecule has 0 radical (unpaired) electrons. The maximum absolute atomic E-state index is 12.8. The average Bonchev–Trinajstić information content (AvgIpc) is 2.68. The highest BCUT2D eigenvalue weighted by molar-refractivity contribution is 7.92. The Kier molecular flexibility index (Phi) is 5.29. The maximum atomic E-state index is 12.8. The van der Waals surface area contributed by atoms with E-state index in [0.717, 1.165) is 13.1 Å². The Labute approximate surface area is 154 Å². The molecule has 0 bridgehead atoms. The van der Waals surface area contributed by atoms with Gasteiger partial charge in [-0.1, -0.05) is 24.3 Å². The van der Waals surface area contributed by atoms with Gasteiger partial charge >= 0.3 is 0 Å². The van der Waals surface area contributed by atoms with Crippen molar-refractivity contribution in [3.63, 3.8) is 0 Å². The number of hydrogen-bond acceptors (Lipinski definition) is 4. The number of nitrogens with zero attached hydrogens (tertiary/aromatic N) is 3. The fraction of sp³-hybridized carbons (Fsp3) is 0.316. The molecule has 26 heavy (non-hydrogen) atoms. The van der Waals surface area contributed by atoms with Crippen LogP contribution in [0.2, 0.25) is 0 Å². The van der Waals surface area contributed by atoms with E-state index in [1.165, 1.54) is 11.4 Å². The van der Waals surface area contributed by atoms with Gasteiger partial charge in [-0.05, 0) is 37.4 Å². The monoisotopic (exact) mass is 373 g/mol. The molecule has 3 rings (SSSR count). The molecular weight excluding hydrogens is 350 g/mol. The molecule has 1 aliphatic heterocycles. The van der Waals surface area contributed by atoms with E-state index in [1.54, 1.807) is 54.6 Å². The second-order valence-electron chi connectivity index (χ2n) is 6.43. The summed E-state index contributed by atoms with van der Waals surface area (Å²) < 4.78 is 26.8. The Hall–Kier alpha value is -2.38. The topological polar surface area (TPSA) is 60.9 Å². The second kappa shape index (κ2) is 7.47. The number of rotatable bonds is 4. The first kappa shape index (κ1) is 18.4. The molecule has 0 aromatic heterocycles. The van der Waals surface area contributed by atoms with Crippen LogP contribution in [0, 0.1) is 0 Å². The van der Waals surface area contributed by atoms with Crippen LogP contribution in [0.4, 0.5) is 5.69 Å². The summed E-state index contributed by atoms with van der Waals surface area (Å²) in [6.07, 6.45) is 0. The lowest BCUT2D eigenvalue weighted by molar-refractivity contribution is 0.0664. The van der Waals surface area contributed by atoms with Crippen molar-refractivity contribution in [3.8, 4) is 0 Å². The van der Waals surface area contributed by atoms with Crippen molar-refractivity contribution in [2.75, 3.05) is 44.6 Å². The molecule has 0 aliphatic carbocycles. The van der Waals surface area contributed by atoms with Gasteiger partial charge in [-0.15, -0.1) is 0 Å². The molecule has 1 aliphatic rings. The molecule has 6 nitrogen and oxygen atoms in total. The Morgan fingerprint density at radius 1 is 0.962 bits per heavy atom. The lowest BCUT2D eigenvalue weighted by Crippen LogP contribution is -2.47. The van der Waals surface area contributed by atoms with E-state index in [0.29, 0.717) is 24.3 Å². The highest BCUT2D eigenvalue weighted by Crippen LogP contribution is 2.23. The first-order valence-electron chi connectivity index (χ1n) is 8.51. The zero-order valence-electron chi connectivity index (χ0n) is 15.0. The summed E-state index contributed by atoms with van der Waals surface area (Å²) in [5.41, 5.74) is 0.969. The van der Waals surface area contributed by atoms with Gasteiger partial charge in [0.1, 0.15) is 0 Å². The maximum Gasteiger partial charge on any atom is 0.264 e. The lowest BCUT2D eigenvalue weighted by Gasteiger charge is -2.32. The van der Waals surface area contributed by atoms with Gasteiger partial charge in [-0.3, -0.25) is 9.10 Å². The van der Waals surface area contributed by atoms with E-state index in [2.05, 4.69) is 4.90 Å². The largest absolute Gasteiger partial charge is 0.336 e.